The highest BCUT2D eigenvalue weighted by molar-refractivity contribution is 7.98. The van der Waals surface area contributed by atoms with E-state index in [1.165, 1.54) is 7.11 Å². The molecule has 0 spiro atoms. The van der Waals surface area contributed by atoms with E-state index in [0.717, 1.165) is 17.7 Å². The molecule has 0 aromatic heterocycles. The molecule has 6 nitrogen and oxygen atoms in total. The van der Waals surface area contributed by atoms with E-state index in [2.05, 4.69) is 5.32 Å². The Hall–Kier alpha value is -1.12. The molecule has 0 aliphatic carbocycles. The van der Waals surface area contributed by atoms with Crippen LogP contribution in [0.3, 0.4) is 0 Å². The van der Waals surface area contributed by atoms with Gasteiger partial charge in [-0.25, -0.2) is 0 Å². The summed E-state index contributed by atoms with van der Waals surface area (Å²) < 4.78 is 22.3. The lowest BCUT2D eigenvalue weighted by Gasteiger charge is -2.28. The zero-order chi connectivity index (χ0) is 17.6. The first-order chi connectivity index (χ1) is 12.2. The van der Waals surface area contributed by atoms with Crippen LogP contribution in [0.25, 0.3) is 0 Å². The summed E-state index contributed by atoms with van der Waals surface area (Å²) in [4.78, 5) is 11.9. The van der Waals surface area contributed by atoms with Gasteiger partial charge in [0.2, 0.25) is 0 Å². The van der Waals surface area contributed by atoms with E-state index in [1.807, 2.05) is 36.6 Å². The monoisotopic (exact) mass is 367 g/mol. The number of hydrogen-bond donors (Lipinski definition) is 1. The van der Waals surface area contributed by atoms with Gasteiger partial charge < -0.3 is 18.9 Å². The highest BCUT2D eigenvalue weighted by atomic mass is 32.2. The molecule has 1 N–H and O–H groups in total. The topological polar surface area (TPSA) is 69.3 Å². The van der Waals surface area contributed by atoms with Gasteiger partial charge in [0.1, 0.15) is 18.2 Å². The summed E-state index contributed by atoms with van der Waals surface area (Å²) in [7, 11) is 1.41. The van der Waals surface area contributed by atoms with Gasteiger partial charge in [-0.3, -0.25) is 10.1 Å². The van der Waals surface area contributed by atoms with Gasteiger partial charge >= 0.3 is 5.97 Å². The summed E-state index contributed by atoms with van der Waals surface area (Å²) in [6, 6.07) is 9.63. The molecular weight excluding hydrogens is 342 g/mol. The minimum atomic E-state index is -0.356. The van der Waals surface area contributed by atoms with Crippen molar-refractivity contribution >= 4 is 17.7 Å². The maximum absolute atomic E-state index is 11.9. The Morgan fingerprint density at radius 2 is 2.16 bits per heavy atom. The van der Waals surface area contributed by atoms with E-state index in [-0.39, 0.29) is 36.6 Å². The average molecular weight is 367 g/mol. The molecule has 1 aromatic rings. The van der Waals surface area contributed by atoms with E-state index < -0.39 is 0 Å². The lowest BCUT2D eigenvalue weighted by atomic mass is 10.1. The van der Waals surface area contributed by atoms with Crippen LogP contribution in [0, 0.1) is 0 Å². The van der Waals surface area contributed by atoms with Crippen molar-refractivity contribution < 1.29 is 23.7 Å². The van der Waals surface area contributed by atoms with Crippen molar-refractivity contribution in [3.8, 4) is 0 Å². The lowest BCUT2D eigenvalue weighted by Crippen LogP contribution is -2.52. The molecule has 138 valence electrons. The second-order valence-corrected chi connectivity index (χ2v) is 7.18. The Bertz CT molecular complexity index is 558. The molecule has 0 saturated carbocycles. The van der Waals surface area contributed by atoms with Crippen LogP contribution in [-0.2, 0) is 30.3 Å². The largest absolute Gasteiger partial charge is 0.468 e. The molecule has 3 rings (SSSR count). The number of esters is 1. The number of rotatable bonds is 9. The zero-order valence-corrected chi connectivity index (χ0v) is 15.4. The Morgan fingerprint density at radius 1 is 1.36 bits per heavy atom. The normalized spacial score (nSPS) is 28.9. The van der Waals surface area contributed by atoms with Crippen molar-refractivity contribution in [2.45, 2.75) is 43.6 Å². The third-order valence-corrected chi connectivity index (χ3v) is 5.08. The molecule has 2 saturated heterocycles. The minimum absolute atomic E-state index is 0.0208. The molecule has 2 fully saturated rings. The van der Waals surface area contributed by atoms with Crippen LogP contribution in [0.15, 0.2) is 30.3 Å². The maximum atomic E-state index is 11.9. The number of carbonyl (C=O) groups is 1. The predicted octanol–water partition coefficient (Wildman–Crippen LogP) is 1.58. The fourth-order valence-corrected chi connectivity index (χ4v) is 3.48. The van der Waals surface area contributed by atoms with Crippen LogP contribution in [-0.4, -0.2) is 62.3 Å². The third-order valence-electron chi connectivity index (χ3n) is 4.44. The van der Waals surface area contributed by atoms with Crippen LogP contribution >= 0.6 is 11.8 Å². The van der Waals surface area contributed by atoms with E-state index >= 15 is 0 Å². The van der Waals surface area contributed by atoms with Crippen LogP contribution < -0.4 is 5.32 Å². The Kier molecular flexibility index (Phi) is 6.72. The van der Waals surface area contributed by atoms with Crippen LogP contribution in [0.1, 0.15) is 12.0 Å². The number of ether oxygens (including phenoxy) is 4. The summed E-state index contributed by atoms with van der Waals surface area (Å²) in [6.45, 7) is 0.947. The van der Waals surface area contributed by atoms with Gasteiger partial charge in [-0.2, -0.15) is 11.8 Å². The molecule has 7 heteroatoms. The van der Waals surface area contributed by atoms with Gasteiger partial charge in [-0.15, -0.1) is 0 Å². The van der Waals surface area contributed by atoms with Crippen molar-refractivity contribution in [1.29, 1.82) is 0 Å². The minimum Gasteiger partial charge on any atom is -0.468 e. The van der Waals surface area contributed by atoms with E-state index in [0.29, 0.717) is 13.2 Å². The molecule has 0 amide bonds. The number of methoxy groups -OCH3 is 1. The number of hydrogen-bond acceptors (Lipinski definition) is 7. The molecule has 1 aromatic carbocycles. The fourth-order valence-electron chi connectivity index (χ4n) is 3.01. The van der Waals surface area contributed by atoms with Gasteiger partial charge in [-0.1, -0.05) is 30.3 Å². The molecule has 25 heavy (non-hydrogen) atoms. The zero-order valence-electron chi connectivity index (χ0n) is 14.6. The molecule has 0 radical (unpaired) electrons. The molecular formula is C18H25NO5S. The molecule has 2 aliphatic rings. The molecule has 2 aliphatic heterocycles. The van der Waals surface area contributed by atoms with E-state index in [1.54, 1.807) is 11.8 Å². The van der Waals surface area contributed by atoms with Crippen molar-refractivity contribution in [3.05, 3.63) is 35.9 Å². The fraction of sp³-hybridized carbons (Fsp3) is 0.611. The standard InChI is InChI=1S/C18H25NO5S/c1-21-17(20)13(8-9-25-2)19-14-11-23-18(16-15(14)24-16)22-10-12-6-4-3-5-7-12/h3-7,13-16,18-19H,8-11H2,1-2H3/t13-,14-,15+,16+,18-/m0/s1. The summed E-state index contributed by atoms with van der Waals surface area (Å²) in [5.74, 6) is 0.645. The predicted molar refractivity (Wildman–Crippen MR) is 95.4 cm³/mol. The van der Waals surface area contributed by atoms with Crippen LogP contribution in [0.5, 0.6) is 0 Å². The quantitative estimate of drug-likeness (QED) is 0.525. The van der Waals surface area contributed by atoms with Gasteiger partial charge in [0.05, 0.1) is 26.4 Å². The number of fused-ring (bicyclic) bond motifs is 1. The van der Waals surface area contributed by atoms with Crippen molar-refractivity contribution in [2.24, 2.45) is 0 Å². The van der Waals surface area contributed by atoms with Crippen molar-refractivity contribution in [2.75, 3.05) is 25.7 Å². The molecule has 5 atom stereocenters. The number of benzene rings is 1. The summed E-state index contributed by atoms with van der Waals surface area (Å²) in [5.41, 5.74) is 1.10. The summed E-state index contributed by atoms with van der Waals surface area (Å²) >= 11 is 1.71. The maximum Gasteiger partial charge on any atom is 0.322 e. The second-order valence-electron chi connectivity index (χ2n) is 6.19. The first-order valence-corrected chi connectivity index (χ1v) is 9.87. The lowest BCUT2D eigenvalue weighted by molar-refractivity contribution is -0.171. The van der Waals surface area contributed by atoms with Crippen molar-refractivity contribution in [3.63, 3.8) is 0 Å². The summed E-state index contributed by atoms with van der Waals surface area (Å²) in [6.07, 6.45) is 2.33. The Labute approximate surface area is 152 Å². The van der Waals surface area contributed by atoms with Gasteiger partial charge in [0.15, 0.2) is 6.29 Å². The highest BCUT2D eigenvalue weighted by Gasteiger charge is 2.55. The average Bonchev–Trinajstić information content (AvgIpc) is 3.45. The Balaban J connectivity index is 1.47. The summed E-state index contributed by atoms with van der Waals surface area (Å²) in [5, 5.41) is 3.33. The number of carbonyl (C=O) groups excluding carboxylic acids is 1. The van der Waals surface area contributed by atoms with Crippen LogP contribution in [0.2, 0.25) is 0 Å². The number of epoxide rings is 1. The first-order valence-electron chi connectivity index (χ1n) is 8.48. The third kappa shape index (κ3) is 4.95. The van der Waals surface area contributed by atoms with Gasteiger partial charge in [0.25, 0.3) is 0 Å². The van der Waals surface area contributed by atoms with Gasteiger partial charge in [-0.05, 0) is 24.0 Å². The SMILES string of the molecule is COC(=O)[C@H](CCSC)N[C@H]1CO[C@H](OCc2ccccc2)[C@@H]2O[C@@H]21. The van der Waals surface area contributed by atoms with Crippen LogP contribution in [0.4, 0.5) is 0 Å². The molecule has 0 unspecified atom stereocenters. The highest BCUT2D eigenvalue weighted by Crippen LogP contribution is 2.35. The van der Waals surface area contributed by atoms with Gasteiger partial charge in [0, 0.05) is 0 Å². The van der Waals surface area contributed by atoms with Crippen molar-refractivity contribution in [1.82, 2.24) is 5.32 Å². The smallest absolute Gasteiger partial charge is 0.322 e. The first kappa shape index (κ1) is 18.7. The molecule has 0 bridgehead atoms. The second kappa shape index (κ2) is 9.00. The Morgan fingerprint density at radius 3 is 2.88 bits per heavy atom. The molecule has 2 heterocycles. The number of thioether (sulfide) groups is 1. The van der Waals surface area contributed by atoms with E-state index in [9.17, 15) is 4.79 Å². The number of nitrogens with one attached hydrogen (secondary N) is 1. The van der Waals surface area contributed by atoms with E-state index in [4.69, 9.17) is 18.9 Å².